The number of carbonyl (C=O) groups excluding carboxylic acids is 2. The molecule has 2 amide bonds. The van der Waals surface area contributed by atoms with E-state index in [4.69, 9.17) is 23.2 Å². The van der Waals surface area contributed by atoms with Gasteiger partial charge in [0.2, 0.25) is 11.8 Å². The van der Waals surface area contributed by atoms with E-state index in [1.165, 1.54) is 30.3 Å². The summed E-state index contributed by atoms with van der Waals surface area (Å²) < 4.78 is 69.3. The van der Waals surface area contributed by atoms with Crippen molar-refractivity contribution in [3.05, 3.63) is 93.5 Å². The van der Waals surface area contributed by atoms with Crippen molar-refractivity contribution >= 4 is 50.7 Å². The van der Waals surface area contributed by atoms with Gasteiger partial charge in [-0.05, 0) is 69.7 Å². The second kappa shape index (κ2) is 14.0. The first-order valence-corrected chi connectivity index (χ1v) is 15.5. The molecule has 232 valence electrons. The van der Waals surface area contributed by atoms with Gasteiger partial charge in [0.15, 0.2) is 0 Å². The lowest BCUT2D eigenvalue weighted by molar-refractivity contribution is -0.140. The Morgan fingerprint density at radius 3 is 2.07 bits per heavy atom. The maximum Gasteiger partial charge on any atom is 0.416 e. The standard InChI is InChI=1S/C30H32Cl2F3N3O4S/c1-5-27(29(40)36-19(2)3)37(17-24-25(31)10-7-11-26(24)32)28(39)18-38(22-9-6-8-21(16-22)30(33,34)35)43(41,42)23-14-12-20(4)13-15-23/h6-16,19,27H,5,17-18H2,1-4H3,(H,36,40). The molecule has 0 bridgehead atoms. The SMILES string of the molecule is CCC(C(=O)NC(C)C)N(Cc1c(Cl)cccc1Cl)C(=O)CN(c1cccc(C(F)(F)F)c1)S(=O)(=O)c1ccc(C)cc1. The summed E-state index contributed by atoms with van der Waals surface area (Å²) in [6.07, 6.45) is -4.63. The van der Waals surface area contributed by atoms with E-state index in [1.54, 1.807) is 45.9 Å². The summed E-state index contributed by atoms with van der Waals surface area (Å²) in [5, 5.41) is 3.19. The topological polar surface area (TPSA) is 86.8 Å². The van der Waals surface area contributed by atoms with Crippen LogP contribution >= 0.6 is 23.2 Å². The molecule has 43 heavy (non-hydrogen) atoms. The molecule has 1 N–H and O–H groups in total. The van der Waals surface area contributed by atoms with Crippen LogP contribution in [0.1, 0.15) is 43.9 Å². The number of nitrogens with zero attached hydrogens (tertiary/aromatic N) is 2. The van der Waals surface area contributed by atoms with E-state index in [-0.39, 0.29) is 39.6 Å². The summed E-state index contributed by atoms with van der Waals surface area (Å²) in [5.41, 5.74) is -0.393. The summed E-state index contributed by atoms with van der Waals surface area (Å²) in [4.78, 5) is 28.2. The van der Waals surface area contributed by atoms with Crippen LogP contribution in [0.5, 0.6) is 0 Å². The molecule has 0 saturated carbocycles. The zero-order valence-electron chi connectivity index (χ0n) is 24.0. The molecule has 0 heterocycles. The van der Waals surface area contributed by atoms with Crippen LogP contribution in [0.3, 0.4) is 0 Å². The van der Waals surface area contributed by atoms with E-state index in [1.807, 2.05) is 0 Å². The van der Waals surface area contributed by atoms with E-state index >= 15 is 0 Å². The highest BCUT2D eigenvalue weighted by molar-refractivity contribution is 7.92. The number of halogens is 5. The largest absolute Gasteiger partial charge is 0.416 e. The van der Waals surface area contributed by atoms with Crippen molar-refractivity contribution in [2.45, 2.75) is 63.8 Å². The molecule has 0 aliphatic carbocycles. The zero-order valence-corrected chi connectivity index (χ0v) is 26.3. The summed E-state index contributed by atoms with van der Waals surface area (Å²) in [7, 11) is -4.56. The maximum absolute atomic E-state index is 14.1. The van der Waals surface area contributed by atoms with Crippen LogP contribution in [0.25, 0.3) is 0 Å². The fourth-order valence-electron chi connectivity index (χ4n) is 4.36. The average molecular weight is 659 g/mol. The first-order valence-electron chi connectivity index (χ1n) is 13.4. The highest BCUT2D eigenvalue weighted by Gasteiger charge is 2.36. The second-order valence-corrected chi connectivity index (χ2v) is 12.9. The van der Waals surface area contributed by atoms with Gasteiger partial charge in [0.25, 0.3) is 10.0 Å². The molecule has 0 aromatic heterocycles. The molecule has 0 saturated heterocycles. The van der Waals surface area contributed by atoms with Gasteiger partial charge in [0.1, 0.15) is 12.6 Å². The molecule has 3 aromatic carbocycles. The highest BCUT2D eigenvalue weighted by atomic mass is 35.5. The molecule has 3 rings (SSSR count). The van der Waals surface area contributed by atoms with Gasteiger partial charge in [-0.2, -0.15) is 13.2 Å². The number of anilines is 1. The Hall–Kier alpha value is -3.28. The van der Waals surface area contributed by atoms with Crippen LogP contribution in [-0.4, -0.2) is 43.8 Å². The highest BCUT2D eigenvalue weighted by Crippen LogP contribution is 2.34. The average Bonchev–Trinajstić information content (AvgIpc) is 2.92. The lowest BCUT2D eigenvalue weighted by Crippen LogP contribution is -2.53. The monoisotopic (exact) mass is 657 g/mol. The third-order valence-corrected chi connectivity index (χ3v) is 9.05. The minimum absolute atomic E-state index is 0.140. The molecule has 3 aromatic rings. The Bertz CT molecular complexity index is 1550. The Balaban J connectivity index is 2.16. The van der Waals surface area contributed by atoms with Crippen LogP contribution in [0.4, 0.5) is 18.9 Å². The van der Waals surface area contributed by atoms with Crippen molar-refractivity contribution in [2.24, 2.45) is 0 Å². The Morgan fingerprint density at radius 1 is 0.953 bits per heavy atom. The molecular formula is C30H32Cl2F3N3O4S. The molecule has 1 atom stereocenters. The minimum atomic E-state index is -4.77. The van der Waals surface area contributed by atoms with Gasteiger partial charge < -0.3 is 10.2 Å². The van der Waals surface area contributed by atoms with Crippen molar-refractivity contribution in [1.82, 2.24) is 10.2 Å². The molecule has 0 fully saturated rings. The van der Waals surface area contributed by atoms with Crippen molar-refractivity contribution in [1.29, 1.82) is 0 Å². The van der Waals surface area contributed by atoms with Gasteiger partial charge in [0.05, 0.1) is 16.1 Å². The molecule has 0 spiro atoms. The number of benzene rings is 3. The van der Waals surface area contributed by atoms with Gasteiger partial charge in [-0.1, -0.05) is 60.0 Å². The predicted molar refractivity (Wildman–Crippen MR) is 162 cm³/mol. The normalized spacial score (nSPS) is 12.6. The smallest absolute Gasteiger partial charge is 0.352 e. The molecular weight excluding hydrogens is 626 g/mol. The van der Waals surface area contributed by atoms with E-state index < -0.39 is 46.2 Å². The number of hydrogen-bond acceptors (Lipinski definition) is 4. The third kappa shape index (κ3) is 8.43. The fraction of sp³-hybridized carbons (Fsp3) is 0.333. The zero-order chi connectivity index (χ0) is 32.1. The number of sulfonamides is 1. The second-order valence-electron chi connectivity index (χ2n) is 10.2. The van der Waals surface area contributed by atoms with E-state index in [0.29, 0.717) is 15.9 Å². The van der Waals surface area contributed by atoms with Crippen LogP contribution in [-0.2, 0) is 32.3 Å². The summed E-state index contributed by atoms with van der Waals surface area (Å²) >= 11 is 12.8. The maximum atomic E-state index is 14.1. The number of rotatable bonds is 11. The Labute approximate surface area is 259 Å². The van der Waals surface area contributed by atoms with E-state index in [2.05, 4.69) is 5.32 Å². The Kier molecular flexibility index (Phi) is 11.1. The van der Waals surface area contributed by atoms with Crippen molar-refractivity contribution in [2.75, 3.05) is 10.8 Å². The Morgan fingerprint density at radius 2 is 1.53 bits per heavy atom. The predicted octanol–water partition coefficient (Wildman–Crippen LogP) is 6.85. The first-order chi connectivity index (χ1) is 20.1. The molecule has 1 unspecified atom stereocenters. The lowest BCUT2D eigenvalue weighted by Gasteiger charge is -2.34. The van der Waals surface area contributed by atoms with Crippen LogP contribution < -0.4 is 9.62 Å². The molecule has 7 nitrogen and oxygen atoms in total. The van der Waals surface area contributed by atoms with Crippen molar-refractivity contribution < 1.29 is 31.2 Å². The number of hydrogen-bond donors (Lipinski definition) is 1. The van der Waals surface area contributed by atoms with Gasteiger partial charge in [0, 0.05) is 28.2 Å². The molecule has 0 aliphatic heterocycles. The number of nitrogens with one attached hydrogen (secondary N) is 1. The number of carbonyl (C=O) groups is 2. The van der Waals surface area contributed by atoms with Gasteiger partial charge in [-0.15, -0.1) is 0 Å². The summed E-state index contributed by atoms with van der Waals surface area (Å²) in [6.45, 7) is 5.73. The third-order valence-electron chi connectivity index (χ3n) is 6.56. The van der Waals surface area contributed by atoms with Crippen LogP contribution in [0.2, 0.25) is 10.0 Å². The van der Waals surface area contributed by atoms with Crippen LogP contribution in [0.15, 0.2) is 71.6 Å². The van der Waals surface area contributed by atoms with Crippen LogP contribution in [0, 0.1) is 6.92 Å². The minimum Gasteiger partial charge on any atom is -0.352 e. The summed E-state index contributed by atoms with van der Waals surface area (Å²) in [5.74, 6) is -1.35. The fourth-order valence-corrected chi connectivity index (χ4v) is 6.28. The first kappa shape index (κ1) is 34.2. The molecule has 0 aliphatic rings. The van der Waals surface area contributed by atoms with E-state index in [0.717, 1.165) is 22.6 Å². The lowest BCUT2D eigenvalue weighted by atomic mass is 10.1. The van der Waals surface area contributed by atoms with Gasteiger partial charge in [-0.25, -0.2) is 8.42 Å². The number of aryl methyl sites for hydroxylation is 1. The quantitative estimate of drug-likeness (QED) is 0.244. The summed E-state index contributed by atoms with van der Waals surface area (Å²) in [6, 6.07) is 12.7. The number of alkyl halides is 3. The van der Waals surface area contributed by atoms with Gasteiger partial charge in [-0.3, -0.25) is 13.9 Å². The number of amides is 2. The van der Waals surface area contributed by atoms with Crippen molar-refractivity contribution in [3.63, 3.8) is 0 Å². The van der Waals surface area contributed by atoms with Crippen molar-refractivity contribution in [3.8, 4) is 0 Å². The molecule has 13 heteroatoms. The van der Waals surface area contributed by atoms with Gasteiger partial charge >= 0.3 is 6.18 Å². The van der Waals surface area contributed by atoms with E-state index in [9.17, 15) is 31.2 Å². The molecule has 0 radical (unpaired) electrons.